The average Bonchev–Trinajstić information content (AvgIpc) is 2.38. The van der Waals surface area contributed by atoms with Crippen LogP contribution in [0.5, 0.6) is 0 Å². The molecule has 0 radical (unpaired) electrons. The van der Waals surface area contributed by atoms with Crippen molar-refractivity contribution >= 4 is 16.2 Å². The fraction of sp³-hybridized carbons (Fsp3) is 0.909. The molecule has 118 valence electrons. The predicted octanol–water partition coefficient (Wildman–Crippen LogP) is -0.843. The maximum absolute atomic E-state index is 12.1. The van der Waals surface area contributed by atoms with Gasteiger partial charge < -0.3 is 14.9 Å². The second kappa shape index (κ2) is 7.89. The van der Waals surface area contributed by atoms with E-state index in [1.165, 1.54) is 7.11 Å². The molecule has 1 fully saturated rings. The average molecular weight is 310 g/mol. The van der Waals surface area contributed by atoms with Gasteiger partial charge in [0.15, 0.2) is 0 Å². The topological polar surface area (TPSA) is 116 Å². The van der Waals surface area contributed by atoms with E-state index >= 15 is 0 Å². The number of carbonyl (C=O) groups is 1. The first-order chi connectivity index (χ1) is 9.38. The molecule has 3 N–H and O–H groups in total. The van der Waals surface area contributed by atoms with E-state index in [1.807, 2.05) is 0 Å². The quantitative estimate of drug-likeness (QED) is 0.538. The Balaban J connectivity index is 2.55. The summed E-state index contributed by atoms with van der Waals surface area (Å²) in [6.45, 7) is 0.367. The standard InChI is InChI=1S/C11H22N2O6S/c1-19-8-9(14)5-6-12-20(17,18)13-7-3-2-4-10(13)11(15)16/h9-10,12,14H,2-8H2,1H3,(H,15,16). The zero-order valence-corrected chi connectivity index (χ0v) is 12.3. The SMILES string of the molecule is COCC(O)CCNS(=O)(=O)N1CCCCC1C(=O)O. The summed E-state index contributed by atoms with van der Waals surface area (Å²) in [5, 5.41) is 18.5. The molecule has 0 saturated carbocycles. The summed E-state index contributed by atoms with van der Waals surface area (Å²) in [5.74, 6) is -1.13. The molecule has 2 atom stereocenters. The number of nitrogens with one attached hydrogen (secondary N) is 1. The van der Waals surface area contributed by atoms with E-state index in [1.54, 1.807) is 0 Å². The van der Waals surface area contributed by atoms with Crippen molar-refractivity contribution in [3.8, 4) is 0 Å². The highest BCUT2D eigenvalue weighted by atomic mass is 32.2. The van der Waals surface area contributed by atoms with Crippen molar-refractivity contribution in [2.75, 3.05) is 26.8 Å². The number of aliphatic hydroxyl groups is 1. The number of hydrogen-bond acceptors (Lipinski definition) is 5. The molecule has 1 heterocycles. The number of rotatable bonds is 8. The summed E-state index contributed by atoms with van der Waals surface area (Å²) in [4.78, 5) is 11.1. The molecule has 0 bridgehead atoms. The molecule has 0 aromatic heterocycles. The molecule has 0 aromatic carbocycles. The van der Waals surface area contributed by atoms with Crippen LogP contribution < -0.4 is 4.72 Å². The Morgan fingerprint density at radius 3 is 2.80 bits per heavy atom. The lowest BCUT2D eigenvalue weighted by Gasteiger charge is -2.31. The first kappa shape index (κ1) is 17.3. The molecular formula is C11H22N2O6S. The molecule has 20 heavy (non-hydrogen) atoms. The van der Waals surface area contributed by atoms with Crippen LogP contribution >= 0.6 is 0 Å². The molecule has 0 aromatic rings. The van der Waals surface area contributed by atoms with Gasteiger partial charge in [0.05, 0.1) is 12.7 Å². The smallest absolute Gasteiger partial charge is 0.322 e. The number of carboxylic acids is 1. The first-order valence-electron chi connectivity index (χ1n) is 6.54. The van der Waals surface area contributed by atoms with Crippen LogP contribution in [-0.4, -0.2) is 67.9 Å². The van der Waals surface area contributed by atoms with Gasteiger partial charge in [-0.1, -0.05) is 0 Å². The third kappa shape index (κ3) is 4.98. The van der Waals surface area contributed by atoms with Crippen LogP contribution in [0.4, 0.5) is 0 Å². The van der Waals surface area contributed by atoms with Gasteiger partial charge in [0, 0.05) is 20.2 Å². The highest BCUT2D eigenvalue weighted by molar-refractivity contribution is 7.87. The van der Waals surface area contributed by atoms with Gasteiger partial charge in [0.1, 0.15) is 6.04 Å². The van der Waals surface area contributed by atoms with Crippen molar-refractivity contribution in [3.63, 3.8) is 0 Å². The van der Waals surface area contributed by atoms with E-state index in [2.05, 4.69) is 4.72 Å². The summed E-state index contributed by atoms with van der Waals surface area (Å²) in [5.41, 5.74) is 0. The first-order valence-corrected chi connectivity index (χ1v) is 7.98. The Hall–Kier alpha value is -0.740. The lowest BCUT2D eigenvalue weighted by atomic mass is 10.1. The fourth-order valence-corrected chi connectivity index (χ4v) is 3.59. The number of piperidine rings is 1. The van der Waals surface area contributed by atoms with E-state index < -0.39 is 28.3 Å². The Kier molecular flexibility index (Phi) is 6.83. The van der Waals surface area contributed by atoms with Crippen molar-refractivity contribution in [3.05, 3.63) is 0 Å². The van der Waals surface area contributed by atoms with Crippen molar-refractivity contribution < 1.29 is 28.2 Å². The molecule has 1 aliphatic rings. The van der Waals surface area contributed by atoms with Gasteiger partial charge in [-0.05, 0) is 25.7 Å². The minimum atomic E-state index is -3.84. The molecule has 1 rings (SSSR count). The summed E-state index contributed by atoms with van der Waals surface area (Å²) in [6, 6.07) is -1.01. The largest absolute Gasteiger partial charge is 0.480 e. The highest BCUT2D eigenvalue weighted by Gasteiger charge is 2.36. The maximum atomic E-state index is 12.1. The molecule has 9 heteroatoms. The zero-order chi connectivity index (χ0) is 15.2. The normalized spacial score (nSPS) is 22.6. The lowest BCUT2D eigenvalue weighted by molar-refractivity contribution is -0.142. The number of methoxy groups -OCH3 is 1. The van der Waals surface area contributed by atoms with Crippen molar-refractivity contribution in [1.82, 2.24) is 9.03 Å². The number of nitrogens with zero attached hydrogens (tertiary/aromatic N) is 1. The molecule has 1 aliphatic heterocycles. The minimum absolute atomic E-state index is 0.0374. The predicted molar refractivity (Wildman–Crippen MR) is 71.4 cm³/mol. The molecule has 8 nitrogen and oxygen atoms in total. The van der Waals surface area contributed by atoms with Crippen LogP contribution in [0.2, 0.25) is 0 Å². The maximum Gasteiger partial charge on any atom is 0.322 e. The zero-order valence-electron chi connectivity index (χ0n) is 11.5. The highest BCUT2D eigenvalue weighted by Crippen LogP contribution is 2.19. The van der Waals surface area contributed by atoms with E-state index in [0.717, 1.165) is 4.31 Å². The second-order valence-corrected chi connectivity index (χ2v) is 6.47. The van der Waals surface area contributed by atoms with Crippen molar-refractivity contribution in [2.24, 2.45) is 0 Å². The number of carboxylic acid groups (broad SMARTS) is 1. The molecule has 0 amide bonds. The van der Waals surface area contributed by atoms with Crippen LogP contribution in [0.15, 0.2) is 0 Å². The summed E-state index contributed by atoms with van der Waals surface area (Å²) >= 11 is 0. The fourth-order valence-electron chi connectivity index (χ4n) is 2.15. The second-order valence-electron chi connectivity index (χ2n) is 4.76. The summed E-state index contributed by atoms with van der Waals surface area (Å²) < 4.78 is 32.2. The minimum Gasteiger partial charge on any atom is -0.480 e. The monoisotopic (exact) mass is 310 g/mol. The van der Waals surface area contributed by atoms with Gasteiger partial charge in [0.25, 0.3) is 10.2 Å². The number of ether oxygens (including phenoxy) is 1. The Morgan fingerprint density at radius 2 is 2.20 bits per heavy atom. The Bertz CT molecular complexity index is 413. The van der Waals surface area contributed by atoms with Crippen LogP contribution in [-0.2, 0) is 19.7 Å². The van der Waals surface area contributed by atoms with Crippen LogP contribution in [0.1, 0.15) is 25.7 Å². The molecule has 2 unspecified atom stereocenters. The van der Waals surface area contributed by atoms with E-state index in [9.17, 15) is 18.3 Å². The van der Waals surface area contributed by atoms with Crippen molar-refractivity contribution in [2.45, 2.75) is 37.8 Å². The molecule has 0 aliphatic carbocycles. The van der Waals surface area contributed by atoms with Gasteiger partial charge in [-0.15, -0.1) is 0 Å². The van der Waals surface area contributed by atoms with Gasteiger partial charge in [-0.25, -0.2) is 4.72 Å². The van der Waals surface area contributed by atoms with Crippen LogP contribution in [0, 0.1) is 0 Å². The van der Waals surface area contributed by atoms with Gasteiger partial charge in [-0.2, -0.15) is 12.7 Å². The molecular weight excluding hydrogens is 288 g/mol. The Morgan fingerprint density at radius 1 is 1.50 bits per heavy atom. The van der Waals surface area contributed by atoms with E-state index in [-0.39, 0.29) is 26.1 Å². The van der Waals surface area contributed by atoms with Gasteiger partial charge in [-0.3, -0.25) is 4.79 Å². The number of hydrogen-bond donors (Lipinski definition) is 3. The third-order valence-corrected chi connectivity index (χ3v) is 4.79. The lowest BCUT2D eigenvalue weighted by Crippen LogP contribution is -2.52. The van der Waals surface area contributed by atoms with Gasteiger partial charge >= 0.3 is 5.97 Å². The molecule has 1 saturated heterocycles. The molecule has 0 spiro atoms. The Labute approximate surface area is 118 Å². The third-order valence-electron chi connectivity index (χ3n) is 3.17. The van der Waals surface area contributed by atoms with Gasteiger partial charge in [0.2, 0.25) is 0 Å². The number of aliphatic carboxylic acids is 1. The van der Waals surface area contributed by atoms with E-state index in [4.69, 9.17) is 9.84 Å². The van der Waals surface area contributed by atoms with E-state index in [0.29, 0.717) is 19.3 Å². The summed E-state index contributed by atoms with van der Waals surface area (Å²) in [6.07, 6.45) is 1.13. The number of aliphatic hydroxyl groups excluding tert-OH is 1. The van der Waals surface area contributed by atoms with Crippen molar-refractivity contribution in [1.29, 1.82) is 0 Å². The van der Waals surface area contributed by atoms with Crippen LogP contribution in [0.3, 0.4) is 0 Å². The summed E-state index contributed by atoms with van der Waals surface area (Å²) in [7, 11) is -2.39. The van der Waals surface area contributed by atoms with Crippen LogP contribution in [0.25, 0.3) is 0 Å².